The van der Waals surface area contributed by atoms with Gasteiger partial charge < -0.3 is 10.2 Å². The van der Waals surface area contributed by atoms with Gasteiger partial charge in [-0.3, -0.25) is 19.3 Å². The lowest BCUT2D eigenvalue weighted by molar-refractivity contribution is -0.142. The second kappa shape index (κ2) is 5.00. The summed E-state index contributed by atoms with van der Waals surface area (Å²) in [5.74, 6) is -0.544. The number of amides is 4. The second-order valence-corrected chi connectivity index (χ2v) is 4.89. The molecule has 4 amide bonds. The van der Waals surface area contributed by atoms with Crippen molar-refractivity contribution < 1.29 is 14.4 Å². The Labute approximate surface area is 119 Å². The molecular weight excluding hydrogens is 278 g/mol. The molecule has 21 heavy (non-hydrogen) atoms. The van der Waals surface area contributed by atoms with Crippen LogP contribution in [0, 0.1) is 0 Å². The SMILES string of the molecule is O=C(Cn1ncccc1=O)N1CC(N2C(=O)CNC2=O)C1. The largest absolute Gasteiger partial charge is 0.337 e. The number of carbonyl (C=O) groups is 3. The third-order valence-electron chi connectivity index (χ3n) is 3.53. The first-order chi connectivity index (χ1) is 10.1. The topological polar surface area (TPSA) is 105 Å². The van der Waals surface area contributed by atoms with Crippen LogP contribution in [-0.4, -0.2) is 63.1 Å². The van der Waals surface area contributed by atoms with E-state index in [2.05, 4.69) is 10.4 Å². The van der Waals surface area contributed by atoms with Crippen molar-refractivity contribution in [1.82, 2.24) is 24.9 Å². The lowest BCUT2D eigenvalue weighted by Gasteiger charge is -2.42. The molecule has 0 unspecified atom stereocenters. The van der Waals surface area contributed by atoms with Crippen LogP contribution in [0.1, 0.15) is 0 Å². The molecule has 0 bridgehead atoms. The predicted octanol–water partition coefficient (Wildman–Crippen LogP) is -1.99. The number of hydrogen-bond donors (Lipinski definition) is 1. The summed E-state index contributed by atoms with van der Waals surface area (Å²) in [7, 11) is 0. The highest BCUT2D eigenvalue weighted by molar-refractivity contribution is 6.02. The third-order valence-corrected chi connectivity index (χ3v) is 3.53. The maximum atomic E-state index is 12.0. The van der Waals surface area contributed by atoms with Crippen molar-refractivity contribution >= 4 is 17.8 Å². The molecule has 0 atom stereocenters. The van der Waals surface area contributed by atoms with E-state index < -0.39 is 6.03 Å². The summed E-state index contributed by atoms with van der Waals surface area (Å²) in [6, 6.07) is 2.12. The van der Waals surface area contributed by atoms with Crippen molar-refractivity contribution in [2.24, 2.45) is 0 Å². The van der Waals surface area contributed by atoms with Crippen molar-refractivity contribution in [3.63, 3.8) is 0 Å². The number of imide groups is 1. The molecule has 9 heteroatoms. The molecule has 2 fully saturated rings. The minimum absolute atomic E-state index is 0.00656. The Morgan fingerprint density at radius 3 is 2.71 bits per heavy atom. The maximum absolute atomic E-state index is 12.0. The van der Waals surface area contributed by atoms with Gasteiger partial charge in [0.25, 0.3) is 5.56 Å². The maximum Gasteiger partial charge on any atom is 0.324 e. The Morgan fingerprint density at radius 1 is 1.33 bits per heavy atom. The van der Waals surface area contributed by atoms with Crippen LogP contribution < -0.4 is 10.9 Å². The third kappa shape index (κ3) is 2.37. The van der Waals surface area contributed by atoms with Crippen LogP contribution in [0.4, 0.5) is 4.79 Å². The molecule has 2 aliphatic heterocycles. The Kier molecular flexibility index (Phi) is 3.16. The van der Waals surface area contributed by atoms with E-state index in [9.17, 15) is 19.2 Å². The van der Waals surface area contributed by atoms with Crippen LogP contribution in [0.2, 0.25) is 0 Å². The number of rotatable bonds is 3. The molecule has 0 saturated carbocycles. The van der Waals surface area contributed by atoms with Gasteiger partial charge in [-0.05, 0) is 6.07 Å². The monoisotopic (exact) mass is 291 g/mol. The number of urea groups is 1. The zero-order chi connectivity index (χ0) is 15.0. The van der Waals surface area contributed by atoms with E-state index >= 15 is 0 Å². The Hall–Kier alpha value is -2.71. The molecule has 2 aliphatic rings. The fraction of sp³-hybridized carbons (Fsp3) is 0.417. The Bertz CT molecular complexity index is 648. The Balaban J connectivity index is 1.58. The van der Waals surface area contributed by atoms with Gasteiger partial charge in [0.2, 0.25) is 11.8 Å². The van der Waals surface area contributed by atoms with Gasteiger partial charge in [0.1, 0.15) is 6.54 Å². The van der Waals surface area contributed by atoms with Gasteiger partial charge in [-0.1, -0.05) is 0 Å². The number of carbonyl (C=O) groups excluding carboxylic acids is 3. The summed E-state index contributed by atoms with van der Waals surface area (Å²) in [5, 5.41) is 6.25. The molecule has 0 aromatic carbocycles. The van der Waals surface area contributed by atoms with Crippen molar-refractivity contribution in [1.29, 1.82) is 0 Å². The summed E-state index contributed by atoms with van der Waals surface area (Å²) in [5.41, 5.74) is -0.350. The van der Waals surface area contributed by atoms with E-state index in [1.54, 1.807) is 0 Å². The van der Waals surface area contributed by atoms with Crippen LogP contribution in [0.15, 0.2) is 23.1 Å². The van der Waals surface area contributed by atoms with Crippen LogP contribution in [0.5, 0.6) is 0 Å². The van der Waals surface area contributed by atoms with Gasteiger partial charge >= 0.3 is 6.03 Å². The lowest BCUT2D eigenvalue weighted by Crippen LogP contribution is -2.63. The van der Waals surface area contributed by atoms with E-state index in [-0.39, 0.29) is 36.5 Å². The van der Waals surface area contributed by atoms with E-state index in [0.29, 0.717) is 13.1 Å². The summed E-state index contributed by atoms with van der Waals surface area (Å²) in [6.07, 6.45) is 1.43. The van der Waals surface area contributed by atoms with Crippen LogP contribution in [0.25, 0.3) is 0 Å². The molecule has 0 aliphatic carbocycles. The first-order valence-corrected chi connectivity index (χ1v) is 6.46. The van der Waals surface area contributed by atoms with E-state index in [1.807, 2.05) is 0 Å². The predicted molar refractivity (Wildman–Crippen MR) is 69.1 cm³/mol. The second-order valence-electron chi connectivity index (χ2n) is 4.89. The number of hydrogen-bond acceptors (Lipinski definition) is 5. The van der Waals surface area contributed by atoms with Gasteiger partial charge in [-0.25, -0.2) is 9.48 Å². The summed E-state index contributed by atoms with van der Waals surface area (Å²) < 4.78 is 1.07. The lowest BCUT2D eigenvalue weighted by atomic mass is 10.1. The van der Waals surface area contributed by atoms with Crippen molar-refractivity contribution in [3.8, 4) is 0 Å². The molecule has 3 heterocycles. The number of nitrogens with zero attached hydrogens (tertiary/aromatic N) is 4. The fourth-order valence-corrected chi connectivity index (χ4v) is 2.36. The molecule has 3 rings (SSSR count). The van der Waals surface area contributed by atoms with Crippen molar-refractivity contribution in [3.05, 3.63) is 28.7 Å². The molecule has 1 aromatic heterocycles. The summed E-state index contributed by atoms with van der Waals surface area (Å²) in [4.78, 5) is 49.1. The smallest absolute Gasteiger partial charge is 0.324 e. The average Bonchev–Trinajstić information content (AvgIpc) is 2.72. The quantitative estimate of drug-likeness (QED) is 0.649. The van der Waals surface area contributed by atoms with Gasteiger partial charge in [0.15, 0.2) is 0 Å². The minimum atomic E-state index is -0.418. The average molecular weight is 291 g/mol. The first-order valence-electron chi connectivity index (χ1n) is 6.46. The molecule has 0 spiro atoms. The molecule has 110 valence electrons. The zero-order valence-corrected chi connectivity index (χ0v) is 11.1. The fourth-order valence-electron chi connectivity index (χ4n) is 2.36. The molecule has 1 aromatic rings. The van der Waals surface area contributed by atoms with Crippen molar-refractivity contribution in [2.75, 3.05) is 19.6 Å². The number of aromatic nitrogens is 2. The highest BCUT2D eigenvalue weighted by atomic mass is 16.2. The van der Waals surface area contributed by atoms with Gasteiger partial charge in [-0.2, -0.15) is 5.10 Å². The molecule has 9 nitrogen and oxygen atoms in total. The normalized spacial score (nSPS) is 18.7. The highest BCUT2D eigenvalue weighted by Crippen LogP contribution is 2.17. The van der Waals surface area contributed by atoms with Crippen LogP contribution in [0.3, 0.4) is 0 Å². The summed E-state index contributed by atoms with van der Waals surface area (Å²) in [6.45, 7) is 0.443. The van der Waals surface area contributed by atoms with E-state index in [0.717, 1.165) is 9.58 Å². The first kappa shape index (κ1) is 13.3. The van der Waals surface area contributed by atoms with E-state index in [1.165, 1.54) is 23.2 Å². The summed E-state index contributed by atoms with van der Waals surface area (Å²) >= 11 is 0. The van der Waals surface area contributed by atoms with Crippen LogP contribution in [-0.2, 0) is 16.1 Å². The minimum Gasteiger partial charge on any atom is -0.337 e. The van der Waals surface area contributed by atoms with Gasteiger partial charge in [0.05, 0.1) is 12.6 Å². The zero-order valence-electron chi connectivity index (χ0n) is 11.1. The van der Waals surface area contributed by atoms with Gasteiger partial charge in [0, 0.05) is 25.4 Å². The van der Waals surface area contributed by atoms with Gasteiger partial charge in [-0.15, -0.1) is 0 Å². The highest BCUT2D eigenvalue weighted by Gasteiger charge is 2.42. The van der Waals surface area contributed by atoms with Crippen molar-refractivity contribution in [2.45, 2.75) is 12.6 Å². The molecule has 0 radical (unpaired) electrons. The molecule has 2 saturated heterocycles. The Morgan fingerprint density at radius 2 is 2.10 bits per heavy atom. The number of likely N-dealkylation sites (tertiary alicyclic amines) is 1. The molecular formula is C12H13N5O4. The van der Waals surface area contributed by atoms with E-state index in [4.69, 9.17) is 0 Å². The number of nitrogens with one attached hydrogen (secondary N) is 1. The van der Waals surface area contributed by atoms with Crippen LogP contribution >= 0.6 is 0 Å². The molecule has 1 N–H and O–H groups in total. The standard InChI is InChI=1S/C12H13N5O4/c18-9-2-1-3-14-16(9)7-11(20)15-5-8(6-15)17-10(19)4-13-12(17)21/h1-3,8H,4-7H2,(H,13,21).